The van der Waals surface area contributed by atoms with E-state index in [1.54, 1.807) is 5.01 Å². The normalized spacial score (nSPS) is 11.8. The molecule has 38 heavy (non-hydrogen) atoms. The molecule has 0 aliphatic rings. The molecule has 0 amide bonds. The van der Waals surface area contributed by atoms with Crippen molar-refractivity contribution in [2.24, 2.45) is 5.84 Å². The second-order valence-corrected chi connectivity index (χ2v) is 12.1. The van der Waals surface area contributed by atoms with E-state index >= 15 is 0 Å². The van der Waals surface area contributed by atoms with Gasteiger partial charge in [-0.2, -0.15) is 0 Å². The minimum Gasteiger partial charge on any atom is -0.457 e. The maximum Gasteiger partial charge on any atom is 0.131 e. The van der Waals surface area contributed by atoms with Crippen molar-refractivity contribution in [3.05, 3.63) is 107 Å². The van der Waals surface area contributed by atoms with Gasteiger partial charge in [0.25, 0.3) is 0 Å². The predicted molar refractivity (Wildman–Crippen MR) is 159 cm³/mol. The Morgan fingerprint density at radius 1 is 0.553 bits per heavy atom. The molecule has 0 radical (unpaired) electrons. The number of hydrazine groups is 1. The molecule has 0 heterocycles. The largest absolute Gasteiger partial charge is 0.457 e. The number of hydrogen-bond acceptors (Lipinski definition) is 4. The first-order chi connectivity index (χ1) is 17.8. The van der Waals surface area contributed by atoms with Gasteiger partial charge in [-0.05, 0) is 72.2 Å². The highest BCUT2D eigenvalue weighted by Crippen LogP contribution is 2.38. The average Bonchev–Trinajstić information content (AvgIpc) is 2.82. The molecule has 4 nitrogen and oxygen atoms in total. The Morgan fingerprint density at radius 3 is 1.29 bits per heavy atom. The predicted octanol–water partition coefficient (Wildman–Crippen LogP) is 9.49. The molecule has 0 aliphatic carbocycles. The third-order valence-corrected chi connectivity index (χ3v) is 6.47. The number of hydrogen-bond donors (Lipinski definition) is 1. The van der Waals surface area contributed by atoms with Crippen molar-refractivity contribution in [3.8, 4) is 23.0 Å². The quantitative estimate of drug-likeness (QED) is 0.208. The molecule has 0 aliphatic heterocycles. The Morgan fingerprint density at radius 2 is 0.921 bits per heavy atom. The van der Waals surface area contributed by atoms with Gasteiger partial charge in [0.2, 0.25) is 0 Å². The van der Waals surface area contributed by atoms with E-state index in [1.165, 1.54) is 0 Å². The van der Waals surface area contributed by atoms with E-state index in [9.17, 15) is 0 Å². The molecule has 0 saturated carbocycles. The summed E-state index contributed by atoms with van der Waals surface area (Å²) in [5.74, 6) is 9.89. The van der Waals surface area contributed by atoms with Crippen molar-refractivity contribution in [2.75, 3.05) is 5.01 Å². The van der Waals surface area contributed by atoms with Crippen molar-refractivity contribution >= 4 is 11.4 Å². The molecule has 0 fully saturated rings. The SMILES string of the molecule is Cc1cc(Oc2ccccc2C(C)(C)C)cc(N(N)c2cc(C)cc(Oc3ccccc3C(C)(C)C)c2)c1. The molecule has 198 valence electrons. The summed E-state index contributed by atoms with van der Waals surface area (Å²) in [6.07, 6.45) is 0. The van der Waals surface area contributed by atoms with Gasteiger partial charge >= 0.3 is 0 Å². The monoisotopic (exact) mass is 508 g/mol. The van der Waals surface area contributed by atoms with Crippen LogP contribution >= 0.6 is 0 Å². The van der Waals surface area contributed by atoms with Crippen LogP contribution in [0.3, 0.4) is 0 Å². The molecule has 0 spiro atoms. The molecule has 4 aromatic rings. The summed E-state index contributed by atoms with van der Waals surface area (Å²) >= 11 is 0. The van der Waals surface area contributed by atoms with E-state index in [0.29, 0.717) is 0 Å². The fraction of sp³-hybridized carbons (Fsp3) is 0.294. The Kier molecular flexibility index (Phi) is 7.57. The second-order valence-electron chi connectivity index (χ2n) is 12.1. The highest BCUT2D eigenvalue weighted by atomic mass is 16.5. The van der Waals surface area contributed by atoms with Gasteiger partial charge in [-0.3, -0.25) is 5.01 Å². The van der Waals surface area contributed by atoms with Crippen LogP contribution in [0.4, 0.5) is 11.4 Å². The lowest BCUT2D eigenvalue weighted by Gasteiger charge is -2.25. The molecule has 0 saturated heterocycles. The molecular weight excluding hydrogens is 468 g/mol. The summed E-state index contributed by atoms with van der Waals surface area (Å²) < 4.78 is 12.8. The minimum absolute atomic E-state index is 0.0350. The second kappa shape index (κ2) is 10.5. The minimum atomic E-state index is -0.0350. The van der Waals surface area contributed by atoms with Gasteiger partial charge < -0.3 is 9.47 Å². The number of nitrogens with two attached hydrogens (primary N) is 1. The number of rotatable bonds is 6. The van der Waals surface area contributed by atoms with Crippen molar-refractivity contribution in [3.63, 3.8) is 0 Å². The first-order valence-electron chi connectivity index (χ1n) is 13.1. The van der Waals surface area contributed by atoms with Gasteiger partial charge in [-0.15, -0.1) is 0 Å². The number of nitrogens with zero attached hydrogens (tertiary/aromatic N) is 1. The molecule has 0 bridgehead atoms. The van der Waals surface area contributed by atoms with Crippen LogP contribution in [0.1, 0.15) is 63.8 Å². The summed E-state index contributed by atoms with van der Waals surface area (Å²) in [5.41, 5.74) is 6.03. The fourth-order valence-corrected chi connectivity index (χ4v) is 4.61. The van der Waals surface area contributed by atoms with E-state index in [4.69, 9.17) is 15.3 Å². The van der Waals surface area contributed by atoms with Crippen molar-refractivity contribution < 1.29 is 9.47 Å². The first-order valence-corrected chi connectivity index (χ1v) is 13.1. The van der Waals surface area contributed by atoms with Crippen LogP contribution in [0.5, 0.6) is 23.0 Å². The fourth-order valence-electron chi connectivity index (χ4n) is 4.61. The molecular formula is C34H40N2O2. The highest BCUT2D eigenvalue weighted by molar-refractivity contribution is 5.66. The highest BCUT2D eigenvalue weighted by Gasteiger charge is 2.21. The zero-order valence-corrected chi connectivity index (χ0v) is 23.9. The van der Waals surface area contributed by atoms with Crippen molar-refractivity contribution in [2.45, 2.75) is 66.2 Å². The standard InChI is InChI=1S/C34H40N2O2/c1-23-17-25(21-27(19-23)37-31-15-11-9-13-29(31)33(3,4)5)36(35)26-18-24(2)20-28(22-26)38-32-16-12-10-14-30(32)34(6,7)8/h9-22H,35H2,1-8H3. The van der Waals surface area contributed by atoms with Crippen LogP contribution in [0, 0.1) is 13.8 Å². The smallest absolute Gasteiger partial charge is 0.131 e. The van der Waals surface area contributed by atoms with Gasteiger partial charge in [0, 0.05) is 23.3 Å². The van der Waals surface area contributed by atoms with Crippen LogP contribution in [-0.2, 0) is 10.8 Å². The van der Waals surface area contributed by atoms with Crippen LogP contribution in [0.2, 0.25) is 0 Å². The van der Waals surface area contributed by atoms with Crippen LogP contribution in [0.15, 0.2) is 84.9 Å². The lowest BCUT2D eigenvalue weighted by Crippen LogP contribution is -2.25. The Bertz CT molecular complexity index is 1320. The van der Waals surface area contributed by atoms with E-state index in [0.717, 1.165) is 56.6 Å². The molecule has 2 N–H and O–H groups in total. The average molecular weight is 509 g/mol. The number of aryl methyl sites for hydroxylation is 2. The number of benzene rings is 4. The van der Waals surface area contributed by atoms with E-state index in [-0.39, 0.29) is 10.8 Å². The summed E-state index contributed by atoms with van der Waals surface area (Å²) in [6, 6.07) is 28.5. The molecule has 0 aromatic heterocycles. The first kappa shape index (κ1) is 27.3. The Labute approximate surface area is 228 Å². The summed E-state index contributed by atoms with van der Waals surface area (Å²) in [7, 11) is 0. The zero-order chi connectivity index (χ0) is 27.7. The molecule has 0 unspecified atom stereocenters. The van der Waals surface area contributed by atoms with E-state index in [2.05, 4.69) is 65.8 Å². The molecule has 4 heteroatoms. The number of anilines is 2. The Hall–Kier alpha value is -3.76. The number of ether oxygens (including phenoxy) is 2. The van der Waals surface area contributed by atoms with E-state index in [1.807, 2.05) is 74.5 Å². The topological polar surface area (TPSA) is 47.7 Å². The van der Waals surface area contributed by atoms with Gasteiger partial charge in [0.1, 0.15) is 23.0 Å². The van der Waals surface area contributed by atoms with Crippen LogP contribution in [0.25, 0.3) is 0 Å². The Balaban J connectivity index is 1.65. The summed E-state index contributed by atoms with van der Waals surface area (Å²) in [6.45, 7) is 17.2. The summed E-state index contributed by atoms with van der Waals surface area (Å²) in [5, 5.41) is 1.69. The lowest BCUT2D eigenvalue weighted by molar-refractivity contribution is 0.455. The molecule has 4 aromatic carbocycles. The number of para-hydroxylation sites is 2. The maximum atomic E-state index is 6.70. The zero-order valence-electron chi connectivity index (χ0n) is 23.9. The summed E-state index contributed by atoms with van der Waals surface area (Å²) in [4.78, 5) is 0. The lowest BCUT2D eigenvalue weighted by atomic mass is 9.86. The molecule has 0 atom stereocenters. The molecule has 4 rings (SSSR count). The van der Waals surface area contributed by atoms with Crippen molar-refractivity contribution in [1.82, 2.24) is 0 Å². The van der Waals surface area contributed by atoms with Gasteiger partial charge in [0.05, 0.1) is 11.4 Å². The maximum absolute atomic E-state index is 6.70. The van der Waals surface area contributed by atoms with Crippen LogP contribution < -0.4 is 20.3 Å². The van der Waals surface area contributed by atoms with Crippen molar-refractivity contribution in [1.29, 1.82) is 0 Å². The van der Waals surface area contributed by atoms with Gasteiger partial charge in [-0.25, -0.2) is 5.84 Å². The van der Waals surface area contributed by atoms with Gasteiger partial charge in [0.15, 0.2) is 0 Å². The van der Waals surface area contributed by atoms with Crippen LogP contribution in [-0.4, -0.2) is 0 Å². The van der Waals surface area contributed by atoms with E-state index < -0.39 is 0 Å². The third-order valence-electron chi connectivity index (χ3n) is 6.47. The van der Waals surface area contributed by atoms with Gasteiger partial charge in [-0.1, -0.05) is 77.9 Å². The third kappa shape index (κ3) is 6.38.